The molecule has 116 valence electrons. The van der Waals surface area contributed by atoms with Gasteiger partial charge in [-0.2, -0.15) is 0 Å². The van der Waals surface area contributed by atoms with Crippen LogP contribution in [0.5, 0.6) is 0 Å². The highest BCUT2D eigenvalue weighted by molar-refractivity contribution is 5.85. The first kappa shape index (κ1) is 16.3. The highest BCUT2D eigenvalue weighted by atomic mass is 35.5. The molecule has 2 heterocycles. The van der Waals surface area contributed by atoms with Crippen molar-refractivity contribution in [3.05, 3.63) is 35.4 Å². The Morgan fingerprint density at radius 3 is 2.71 bits per heavy atom. The van der Waals surface area contributed by atoms with E-state index in [1.807, 2.05) is 0 Å². The normalized spacial score (nSPS) is 22.9. The summed E-state index contributed by atoms with van der Waals surface area (Å²) in [6.45, 7) is 4.77. The van der Waals surface area contributed by atoms with Crippen LogP contribution in [0.15, 0.2) is 24.3 Å². The molecule has 1 aromatic carbocycles. The number of aryl methyl sites for hydroxylation is 1. The van der Waals surface area contributed by atoms with E-state index in [0.717, 1.165) is 32.5 Å². The Kier molecular flexibility index (Phi) is 5.65. The quantitative estimate of drug-likeness (QED) is 0.910. The van der Waals surface area contributed by atoms with Crippen molar-refractivity contribution in [2.24, 2.45) is 5.92 Å². The van der Waals surface area contributed by atoms with E-state index >= 15 is 0 Å². The lowest BCUT2D eigenvalue weighted by Gasteiger charge is -2.36. The predicted octanol–water partition coefficient (Wildman–Crippen LogP) is 3.08. The van der Waals surface area contributed by atoms with Gasteiger partial charge in [0.2, 0.25) is 5.91 Å². The van der Waals surface area contributed by atoms with Gasteiger partial charge in [0.05, 0.1) is 12.0 Å². The van der Waals surface area contributed by atoms with Crippen molar-refractivity contribution in [2.45, 2.75) is 38.6 Å². The molecule has 4 heteroatoms. The van der Waals surface area contributed by atoms with Crippen molar-refractivity contribution in [2.75, 3.05) is 19.6 Å². The molecule has 2 fully saturated rings. The molecule has 1 aromatic rings. The lowest BCUT2D eigenvalue weighted by atomic mass is 9.96. The SMILES string of the molecule is Cc1cccc(C2CCCCCN2C(=O)C2CNC2)c1.Cl. The minimum absolute atomic E-state index is 0. The second-order valence-corrected chi connectivity index (χ2v) is 6.17. The van der Waals surface area contributed by atoms with Crippen LogP contribution < -0.4 is 5.32 Å². The van der Waals surface area contributed by atoms with E-state index < -0.39 is 0 Å². The topological polar surface area (TPSA) is 32.3 Å². The molecule has 1 unspecified atom stereocenters. The molecular formula is C17H25ClN2O. The fourth-order valence-corrected chi connectivity index (χ4v) is 3.29. The molecule has 21 heavy (non-hydrogen) atoms. The molecular weight excluding hydrogens is 284 g/mol. The van der Waals surface area contributed by atoms with Gasteiger partial charge >= 0.3 is 0 Å². The molecule has 2 aliphatic heterocycles. The van der Waals surface area contributed by atoms with Gasteiger partial charge in [-0.05, 0) is 25.3 Å². The van der Waals surface area contributed by atoms with E-state index in [1.54, 1.807) is 0 Å². The third-order valence-corrected chi connectivity index (χ3v) is 4.59. The van der Waals surface area contributed by atoms with Crippen LogP contribution in [0.2, 0.25) is 0 Å². The third kappa shape index (κ3) is 3.58. The molecule has 3 nitrogen and oxygen atoms in total. The number of rotatable bonds is 2. The summed E-state index contributed by atoms with van der Waals surface area (Å²) in [5.74, 6) is 0.567. The zero-order chi connectivity index (χ0) is 13.9. The predicted molar refractivity (Wildman–Crippen MR) is 87.7 cm³/mol. The van der Waals surface area contributed by atoms with Crippen LogP contribution in [-0.4, -0.2) is 30.4 Å². The van der Waals surface area contributed by atoms with E-state index in [-0.39, 0.29) is 24.4 Å². The van der Waals surface area contributed by atoms with E-state index in [9.17, 15) is 4.79 Å². The molecule has 1 N–H and O–H groups in total. The summed E-state index contributed by atoms with van der Waals surface area (Å²) in [6.07, 6.45) is 4.73. The van der Waals surface area contributed by atoms with Crippen molar-refractivity contribution >= 4 is 18.3 Å². The Balaban J connectivity index is 0.00000161. The van der Waals surface area contributed by atoms with Gasteiger partial charge in [0, 0.05) is 19.6 Å². The van der Waals surface area contributed by atoms with Gasteiger partial charge in [0.25, 0.3) is 0 Å². The van der Waals surface area contributed by atoms with E-state index in [2.05, 4.69) is 41.4 Å². The number of nitrogens with one attached hydrogen (secondary N) is 1. The van der Waals surface area contributed by atoms with Crippen molar-refractivity contribution in [1.29, 1.82) is 0 Å². The Bertz CT molecular complexity index is 487. The molecule has 0 bridgehead atoms. The highest BCUT2D eigenvalue weighted by Gasteiger charge is 2.34. The van der Waals surface area contributed by atoms with Gasteiger partial charge in [-0.3, -0.25) is 4.79 Å². The fourth-order valence-electron chi connectivity index (χ4n) is 3.29. The average molecular weight is 309 g/mol. The first-order chi connectivity index (χ1) is 9.75. The molecule has 0 saturated carbocycles. The van der Waals surface area contributed by atoms with Crippen LogP contribution in [0.4, 0.5) is 0 Å². The molecule has 0 aromatic heterocycles. The van der Waals surface area contributed by atoms with Gasteiger partial charge < -0.3 is 10.2 Å². The van der Waals surface area contributed by atoms with E-state index in [4.69, 9.17) is 0 Å². The molecule has 1 amide bonds. The van der Waals surface area contributed by atoms with Gasteiger partial charge in [-0.1, -0.05) is 42.7 Å². The number of carbonyl (C=O) groups is 1. The van der Waals surface area contributed by atoms with Gasteiger partial charge in [0.15, 0.2) is 0 Å². The summed E-state index contributed by atoms with van der Waals surface area (Å²) in [5, 5.41) is 3.21. The van der Waals surface area contributed by atoms with Crippen LogP contribution >= 0.6 is 12.4 Å². The Morgan fingerprint density at radius 1 is 1.24 bits per heavy atom. The second-order valence-electron chi connectivity index (χ2n) is 6.17. The third-order valence-electron chi connectivity index (χ3n) is 4.59. The number of hydrogen-bond acceptors (Lipinski definition) is 2. The Morgan fingerprint density at radius 2 is 2.05 bits per heavy atom. The fraction of sp³-hybridized carbons (Fsp3) is 0.588. The Hall–Kier alpha value is -1.06. The van der Waals surface area contributed by atoms with Crippen LogP contribution in [0.3, 0.4) is 0 Å². The summed E-state index contributed by atoms with van der Waals surface area (Å²) in [5.41, 5.74) is 2.59. The average Bonchev–Trinajstić information content (AvgIpc) is 2.62. The maximum atomic E-state index is 12.7. The largest absolute Gasteiger partial charge is 0.335 e. The standard InChI is InChI=1S/C17H24N2O.ClH/c1-13-6-5-7-14(10-13)16-8-3-2-4-9-19(16)17(20)15-11-18-12-15;/h5-7,10,15-16,18H,2-4,8-9,11-12H2,1H3;1H. The monoisotopic (exact) mass is 308 g/mol. The zero-order valence-corrected chi connectivity index (χ0v) is 13.5. The minimum Gasteiger partial charge on any atom is -0.335 e. The van der Waals surface area contributed by atoms with Gasteiger partial charge in [-0.15, -0.1) is 12.4 Å². The van der Waals surface area contributed by atoms with Crippen LogP contribution in [-0.2, 0) is 4.79 Å². The van der Waals surface area contributed by atoms with E-state index in [0.29, 0.717) is 5.91 Å². The lowest BCUT2D eigenvalue weighted by molar-refractivity contribution is -0.139. The number of carbonyl (C=O) groups excluding carboxylic acids is 1. The summed E-state index contributed by atoms with van der Waals surface area (Å²) in [6, 6.07) is 8.95. The summed E-state index contributed by atoms with van der Waals surface area (Å²) in [4.78, 5) is 14.8. The number of likely N-dealkylation sites (tertiary alicyclic amines) is 1. The van der Waals surface area contributed by atoms with Gasteiger partial charge in [0.1, 0.15) is 0 Å². The molecule has 0 radical (unpaired) electrons. The molecule has 3 rings (SSSR count). The first-order valence-corrected chi connectivity index (χ1v) is 7.83. The van der Waals surface area contributed by atoms with Crippen molar-refractivity contribution in [3.8, 4) is 0 Å². The molecule has 1 atom stereocenters. The van der Waals surface area contributed by atoms with Crippen molar-refractivity contribution < 1.29 is 4.79 Å². The number of nitrogens with zero attached hydrogens (tertiary/aromatic N) is 1. The highest BCUT2D eigenvalue weighted by Crippen LogP contribution is 2.32. The molecule has 2 saturated heterocycles. The van der Waals surface area contributed by atoms with Crippen LogP contribution in [0.25, 0.3) is 0 Å². The number of hydrogen-bond donors (Lipinski definition) is 1. The van der Waals surface area contributed by atoms with Crippen LogP contribution in [0.1, 0.15) is 42.9 Å². The summed E-state index contributed by atoms with van der Waals surface area (Å²) >= 11 is 0. The van der Waals surface area contributed by atoms with Gasteiger partial charge in [-0.25, -0.2) is 0 Å². The van der Waals surface area contributed by atoms with Crippen molar-refractivity contribution in [3.63, 3.8) is 0 Å². The molecule has 0 spiro atoms. The lowest BCUT2D eigenvalue weighted by Crippen LogP contribution is -2.52. The zero-order valence-electron chi connectivity index (χ0n) is 12.7. The Labute approximate surface area is 133 Å². The number of amides is 1. The number of halogens is 1. The van der Waals surface area contributed by atoms with E-state index in [1.165, 1.54) is 24.0 Å². The maximum absolute atomic E-state index is 12.7. The second kappa shape index (κ2) is 7.28. The smallest absolute Gasteiger partial charge is 0.228 e. The molecule has 2 aliphatic rings. The summed E-state index contributed by atoms with van der Waals surface area (Å²) < 4.78 is 0. The summed E-state index contributed by atoms with van der Waals surface area (Å²) in [7, 11) is 0. The van der Waals surface area contributed by atoms with Crippen molar-refractivity contribution in [1.82, 2.24) is 10.2 Å². The van der Waals surface area contributed by atoms with Crippen LogP contribution in [0, 0.1) is 12.8 Å². The first-order valence-electron chi connectivity index (χ1n) is 7.83. The minimum atomic E-state index is 0. The molecule has 0 aliphatic carbocycles. The maximum Gasteiger partial charge on any atom is 0.228 e. The number of benzene rings is 1.